The molecule has 0 heterocycles. The molecule has 0 amide bonds. The number of anilines is 1. The monoisotopic (exact) mass is 432 g/mol. The Hall–Kier alpha value is -2.38. The van der Waals surface area contributed by atoms with Gasteiger partial charge in [0.1, 0.15) is 6.61 Å². The molecule has 0 aliphatic heterocycles. The molecule has 0 spiro atoms. The number of sulfonamides is 1. The Balaban J connectivity index is 2.12. The van der Waals surface area contributed by atoms with Crippen molar-refractivity contribution in [2.45, 2.75) is 46.4 Å². The van der Waals surface area contributed by atoms with Gasteiger partial charge in [-0.15, -0.1) is 0 Å². The third-order valence-electron chi connectivity index (χ3n) is 5.47. The summed E-state index contributed by atoms with van der Waals surface area (Å²) in [6, 6.07) is 8.28. The van der Waals surface area contributed by atoms with Crippen LogP contribution in [0.5, 0.6) is 0 Å². The van der Waals surface area contributed by atoms with Gasteiger partial charge in [0.2, 0.25) is 0 Å². The third-order valence-corrected chi connectivity index (χ3v) is 7.13. The van der Waals surface area contributed by atoms with Crippen molar-refractivity contribution in [3.63, 3.8) is 0 Å². The highest BCUT2D eigenvalue weighted by atomic mass is 32.2. The normalized spacial score (nSPS) is 11.6. The van der Waals surface area contributed by atoms with Crippen LogP contribution < -0.4 is 4.72 Å². The van der Waals surface area contributed by atoms with Crippen LogP contribution in [0.4, 0.5) is 5.69 Å². The number of nitrogens with zero attached hydrogens (tertiary/aromatic N) is 1. The molecule has 1 N–H and O–H groups in total. The number of aryl methyl sites for hydroxylation is 2. The molecule has 0 aliphatic rings. The molecular weight excluding hydrogens is 400 g/mol. The molecular formula is C23H32N2O4S. The van der Waals surface area contributed by atoms with Crippen LogP contribution >= 0.6 is 0 Å². The number of benzene rings is 2. The first-order valence-electron chi connectivity index (χ1n) is 10.2. The smallest absolute Gasteiger partial charge is 0.338 e. The summed E-state index contributed by atoms with van der Waals surface area (Å²) in [4.78, 5) is 14.7. The topological polar surface area (TPSA) is 75.7 Å². The summed E-state index contributed by atoms with van der Waals surface area (Å²) in [6.45, 7) is 14.4. The van der Waals surface area contributed by atoms with E-state index in [2.05, 4.69) is 23.5 Å². The quantitative estimate of drug-likeness (QED) is 0.601. The second kappa shape index (κ2) is 10.1. The van der Waals surface area contributed by atoms with E-state index in [-0.39, 0.29) is 0 Å². The van der Waals surface area contributed by atoms with Crippen LogP contribution in [0.2, 0.25) is 0 Å². The third kappa shape index (κ3) is 5.61. The number of rotatable bonds is 9. The highest BCUT2D eigenvalue weighted by Crippen LogP contribution is 2.28. The number of ether oxygens (including phenoxy) is 1. The van der Waals surface area contributed by atoms with E-state index in [0.717, 1.165) is 35.3 Å². The molecule has 30 heavy (non-hydrogen) atoms. The van der Waals surface area contributed by atoms with Crippen molar-refractivity contribution < 1.29 is 17.9 Å². The largest absolute Gasteiger partial charge is 0.461 e. The second-order valence-electron chi connectivity index (χ2n) is 7.44. The van der Waals surface area contributed by atoms with Gasteiger partial charge in [-0.05, 0) is 87.3 Å². The highest BCUT2D eigenvalue weighted by Gasteiger charge is 2.22. The minimum atomic E-state index is -3.75. The summed E-state index contributed by atoms with van der Waals surface area (Å²) in [5.74, 6) is -0.419. The first-order valence-corrected chi connectivity index (χ1v) is 11.7. The van der Waals surface area contributed by atoms with Crippen molar-refractivity contribution in [3.8, 4) is 0 Å². The maximum absolute atomic E-state index is 13.0. The molecule has 0 radical (unpaired) electrons. The van der Waals surface area contributed by atoms with Crippen LogP contribution in [0.3, 0.4) is 0 Å². The molecule has 0 saturated heterocycles. The van der Waals surface area contributed by atoms with Crippen LogP contribution in [0.25, 0.3) is 0 Å². The fourth-order valence-corrected chi connectivity index (χ4v) is 5.03. The predicted octanol–water partition coefficient (Wildman–Crippen LogP) is 4.22. The SMILES string of the molecule is CCN(CC)CCOC(=O)c1ccc(NS(=O)(=O)c2c(C)c(C)cc(C)c2C)cc1. The number of nitrogens with one attached hydrogen (secondary N) is 1. The van der Waals surface area contributed by atoms with E-state index in [1.807, 2.05) is 33.8 Å². The minimum Gasteiger partial charge on any atom is -0.461 e. The Morgan fingerprint density at radius 2 is 1.50 bits per heavy atom. The molecule has 0 fully saturated rings. The zero-order chi connectivity index (χ0) is 22.5. The van der Waals surface area contributed by atoms with Crippen LogP contribution in [0.1, 0.15) is 46.5 Å². The van der Waals surface area contributed by atoms with E-state index in [9.17, 15) is 13.2 Å². The zero-order valence-corrected chi connectivity index (χ0v) is 19.5. The average Bonchev–Trinajstić information content (AvgIpc) is 2.70. The molecule has 164 valence electrons. The van der Waals surface area contributed by atoms with Gasteiger partial charge in [0.15, 0.2) is 0 Å². The lowest BCUT2D eigenvalue weighted by atomic mass is 10.0. The van der Waals surface area contributed by atoms with Gasteiger partial charge in [-0.25, -0.2) is 13.2 Å². The molecule has 0 aliphatic carbocycles. The van der Waals surface area contributed by atoms with Gasteiger partial charge in [-0.1, -0.05) is 19.9 Å². The lowest BCUT2D eigenvalue weighted by molar-refractivity contribution is 0.0466. The fourth-order valence-electron chi connectivity index (χ4n) is 3.35. The summed E-state index contributed by atoms with van der Waals surface area (Å²) in [5, 5.41) is 0. The van der Waals surface area contributed by atoms with Crippen molar-refractivity contribution in [2.24, 2.45) is 0 Å². The van der Waals surface area contributed by atoms with E-state index < -0.39 is 16.0 Å². The Bertz CT molecular complexity index is 969. The fraction of sp³-hybridized carbons (Fsp3) is 0.435. The van der Waals surface area contributed by atoms with Gasteiger partial charge < -0.3 is 9.64 Å². The average molecular weight is 433 g/mol. The molecule has 0 unspecified atom stereocenters. The van der Waals surface area contributed by atoms with Gasteiger partial charge >= 0.3 is 5.97 Å². The van der Waals surface area contributed by atoms with Crippen LogP contribution in [0.15, 0.2) is 35.2 Å². The minimum absolute atomic E-state index is 0.305. The number of carbonyl (C=O) groups is 1. The number of esters is 1. The summed E-state index contributed by atoms with van der Waals surface area (Å²) < 4.78 is 34.0. The maximum Gasteiger partial charge on any atom is 0.338 e. The zero-order valence-electron chi connectivity index (χ0n) is 18.7. The number of carbonyl (C=O) groups excluding carboxylic acids is 1. The Morgan fingerprint density at radius 1 is 0.967 bits per heavy atom. The Labute approximate surface area is 180 Å². The summed E-state index contributed by atoms with van der Waals surface area (Å²) >= 11 is 0. The van der Waals surface area contributed by atoms with E-state index in [4.69, 9.17) is 4.74 Å². The molecule has 2 rings (SSSR count). The second-order valence-corrected chi connectivity index (χ2v) is 9.05. The van der Waals surface area contributed by atoms with Crippen molar-refractivity contribution >= 4 is 21.7 Å². The molecule has 6 nitrogen and oxygen atoms in total. The Kier molecular flexibility index (Phi) is 8.03. The molecule has 2 aromatic carbocycles. The Morgan fingerprint density at radius 3 is 2.00 bits per heavy atom. The van der Waals surface area contributed by atoms with E-state index >= 15 is 0 Å². The van der Waals surface area contributed by atoms with Crippen LogP contribution in [0, 0.1) is 27.7 Å². The van der Waals surface area contributed by atoms with Crippen molar-refractivity contribution in [3.05, 3.63) is 58.1 Å². The van der Waals surface area contributed by atoms with Crippen molar-refractivity contribution in [1.29, 1.82) is 0 Å². The van der Waals surface area contributed by atoms with Crippen LogP contribution in [-0.2, 0) is 14.8 Å². The molecule has 2 aromatic rings. The standard InChI is InChI=1S/C23H32N2O4S/c1-7-25(8-2)13-14-29-23(26)20-9-11-21(12-10-20)24-30(27,28)22-18(5)16(3)15-17(4)19(22)6/h9-12,15,24H,7-8,13-14H2,1-6H3. The molecule has 0 saturated carbocycles. The van der Waals surface area contributed by atoms with Gasteiger partial charge in [0.25, 0.3) is 10.0 Å². The number of hydrogen-bond donors (Lipinski definition) is 1. The maximum atomic E-state index is 13.0. The lowest BCUT2D eigenvalue weighted by Crippen LogP contribution is -2.27. The number of hydrogen-bond acceptors (Lipinski definition) is 5. The predicted molar refractivity (Wildman–Crippen MR) is 121 cm³/mol. The summed E-state index contributed by atoms with van der Waals surface area (Å²) in [5.41, 5.74) is 4.12. The van der Waals surface area contributed by atoms with Crippen molar-refractivity contribution in [1.82, 2.24) is 4.90 Å². The van der Waals surface area contributed by atoms with Gasteiger partial charge in [-0.3, -0.25) is 4.72 Å². The van der Waals surface area contributed by atoms with Gasteiger partial charge in [-0.2, -0.15) is 0 Å². The highest BCUT2D eigenvalue weighted by molar-refractivity contribution is 7.92. The van der Waals surface area contributed by atoms with E-state index in [1.54, 1.807) is 24.3 Å². The molecule has 0 aromatic heterocycles. The number of likely N-dealkylation sites (N-methyl/N-ethyl adjacent to an activating group) is 1. The van der Waals surface area contributed by atoms with Crippen LogP contribution in [-0.4, -0.2) is 45.5 Å². The molecule has 0 atom stereocenters. The van der Waals surface area contributed by atoms with E-state index in [1.165, 1.54) is 0 Å². The van der Waals surface area contributed by atoms with Gasteiger partial charge in [0, 0.05) is 12.2 Å². The molecule has 0 bridgehead atoms. The summed E-state index contributed by atoms with van der Waals surface area (Å²) in [7, 11) is -3.75. The van der Waals surface area contributed by atoms with Crippen molar-refractivity contribution in [2.75, 3.05) is 31.0 Å². The first-order chi connectivity index (χ1) is 14.1. The van der Waals surface area contributed by atoms with E-state index in [0.29, 0.717) is 29.3 Å². The summed E-state index contributed by atoms with van der Waals surface area (Å²) in [6.07, 6.45) is 0. The first kappa shape index (κ1) is 23.9. The lowest BCUT2D eigenvalue weighted by Gasteiger charge is -2.17. The van der Waals surface area contributed by atoms with Gasteiger partial charge in [0.05, 0.1) is 10.5 Å². The molecule has 7 heteroatoms.